The molecule has 0 unspecified atom stereocenters. The maximum atomic E-state index is 11.9. The number of ether oxygens (including phenoxy) is 1. The summed E-state index contributed by atoms with van der Waals surface area (Å²) in [5.41, 5.74) is 3.95. The number of hydrogen-bond donors (Lipinski definition) is 0. The van der Waals surface area contributed by atoms with Gasteiger partial charge in [0.25, 0.3) is 0 Å². The van der Waals surface area contributed by atoms with Crippen LogP contribution in [0.25, 0.3) is 6.08 Å². The molecule has 0 bridgehead atoms. The molecule has 0 amide bonds. The largest absolute Gasteiger partial charge is 0.427 e. The van der Waals surface area contributed by atoms with E-state index >= 15 is 0 Å². The molecule has 0 saturated heterocycles. The minimum absolute atomic E-state index is 0.276. The molecule has 0 saturated carbocycles. The lowest BCUT2D eigenvalue weighted by molar-refractivity contribution is -0.133. The molecule has 0 aliphatic carbocycles. The van der Waals surface area contributed by atoms with E-state index in [4.69, 9.17) is 4.74 Å². The van der Waals surface area contributed by atoms with Crippen molar-refractivity contribution in [2.45, 2.75) is 13.3 Å². The lowest BCUT2D eigenvalue weighted by Crippen LogP contribution is -1.99. The van der Waals surface area contributed by atoms with Crippen LogP contribution in [-0.4, -0.2) is 5.97 Å². The zero-order chi connectivity index (χ0) is 14.7. The van der Waals surface area contributed by atoms with Crippen molar-refractivity contribution < 1.29 is 9.53 Å². The fraction of sp³-hybridized carbons (Fsp3) is 0.105. The van der Waals surface area contributed by atoms with E-state index in [1.54, 1.807) is 0 Å². The third-order valence-electron chi connectivity index (χ3n) is 3.36. The summed E-state index contributed by atoms with van der Waals surface area (Å²) in [7, 11) is 0. The number of hydrogen-bond acceptors (Lipinski definition) is 2. The molecule has 2 aromatic carbocycles. The second-order valence-electron chi connectivity index (χ2n) is 5.18. The maximum Gasteiger partial charge on any atom is 0.343 e. The Balaban J connectivity index is 1.81. The van der Waals surface area contributed by atoms with Crippen LogP contribution in [0, 0.1) is 6.92 Å². The van der Waals surface area contributed by atoms with Crippen LogP contribution >= 0.6 is 0 Å². The lowest BCUT2D eigenvalue weighted by Gasteiger charge is -2.02. The highest BCUT2D eigenvalue weighted by Crippen LogP contribution is 2.23. The normalized spacial score (nSPS) is 16.0. The van der Waals surface area contributed by atoms with Gasteiger partial charge in [-0.1, -0.05) is 60.2 Å². The number of esters is 1. The molecule has 21 heavy (non-hydrogen) atoms. The summed E-state index contributed by atoms with van der Waals surface area (Å²) in [5, 5.41) is 0. The molecule has 1 aliphatic heterocycles. The van der Waals surface area contributed by atoms with Crippen molar-refractivity contribution in [3.8, 4) is 0 Å². The smallest absolute Gasteiger partial charge is 0.343 e. The first-order valence-electron chi connectivity index (χ1n) is 6.96. The third kappa shape index (κ3) is 3.29. The molecule has 104 valence electrons. The van der Waals surface area contributed by atoms with E-state index in [0.29, 0.717) is 17.8 Å². The van der Waals surface area contributed by atoms with Crippen molar-refractivity contribution in [1.29, 1.82) is 0 Å². The Morgan fingerprint density at radius 1 is 1.05 bits per heavy atom. The van der Waals surface area contributed by atoms with Crippen LogP contribution in [0.3, 0.4) is 0 Å². The molecular formula is C19H16O2. The van der Waals surface area contributed by atoms with Gasteiger partial charge in [0, 0.05) is 6.42 Å². The Labute approximate surface area is 124 Å². The Kier molecular flexibility index (Phi) is 3.69. The Morgan fingerprint density at radius 3 is 2.62 bits per heavy atom. The number of carbonyl (C=O) groups excluding carboxylic acids is 1. The van der Waals surface area contributed by atoms with Gasteiger partial charge in [-0.2, -0.15) is 0 Å². The predicted molar refractivity (Wildman–Crippen MR) is 83.5 cm³/mol. The summed E-state index contributed by atoms with van der Waals surface area (Å²) in [6.07, 6.45) is 4.32. The standard InChI is InChI=1S/C19H16O2/c1-14-6-5-9-16(10-14)12-18-13-17(19(20)21-18)11-15-7-3-2-4-8-15/h2-11,13H,12H2,1H3/b17-11-. The molecule has 0 N–H and O–H groups in total. The molecule has 1 heterocycles. The summed E-state index contributed by atoms with van der Waals surface area (Å²) >= 11 is 0. The molecule has 1 aliphatic rings. The van der Waals surface area contributed by atoms with Crippen LogP contribution in [0.4, 0.5) is 0 Å². The number of aryl methyl sites for hydroxylation is 1. The Bertz CT molecular complexity index is 724. The van der Waals surface area contributed by atoms with Crippen LogP contribution in [-0.2, 0) is 16.0 Å². The van der Waals surface area contributed by atoms with Crippen LogP contribution in [0.5, 0.6) is 0 Å². The van der Waals surface area contributed by atoms with Gasteiger partial charge in [-0.05, 0) is 30.2 Å². The zero-order valence-electron chi connectivity index (χ0n) is 11.9. The molecule has 0 aromatic heterocycles. The van der Waals surface area contributed by atoms with E-state index in [1.165, 1.54) is 5.56 Å². The first-order chi connectivity index (χ1) is 10.2. The molecule has 0 spiro atoms. The average Bonchev–Trinajstić information content (AvgIpc) is 2.80. The highest BCUT2D eigenvalue weighted by Gasteiger charge is 2.20. The van der Waals surface area contributed by atoms with E-state index in [1.807, 2.05) is 54.6 Å². The number of rotatable bonds is 3. The van der Waals surface area contributed by atoms with E-state index in [9.17, 15) is 4.79 Å². The fourth-order valence-corrected chi connectivity index (χ4v) is 2.38. The van der Waals surface area contributed by atoms with Crippen molar-refractivity contribution >= 4 is 12.0 Å². The second-order valence-corrected chi connectivity index (χ2v) is 5.18. The Morgan fingerprint density at radius 2 is 1.86 bits per heavy atom. The van der Waals surface area contributed by atoms with E-state index in [-0.39, 0.29) is 5.97 Å². The topological polar surface area (TPSA) is 26.3 Å². The van der Waals surface area contributed by atoms with Crippen molar-refractivity contribution in [1.82, 2.24) is 0 Å². The van der Waals surface area contributed by atoms with Gasteiger partial charge in [0.15, 0.2) is 0 Å². The van der Waals surface area contributed by atoms with Crippen LogP contribution in [0.15, 0.2) is 72.0 Å². The molecule has 2 nitrogen and oxygen atoms in total. The number of allylic oxidation sites excluding steroid dienone is 1. The van der Waals surface area contributed by atoms with E-state index in [0.717, 1.165) is 11.1 Å². The van der Waals surface area contributed by atoms with Gasteiger partial charge in [0.05, 0.1) is 5.57 Å². The number of benzene rings is 2. The van der Waals surface area contributed by atoms with E-state index < -0.39 is 0 Å². The molecule has 3 rings (SSSR count). The van der Waals surface area contributed by atoms with Crippen LogP contribution in [0.2, 0.25) is 0 Å². The minimum Gasteiger partial charge on any atom is -0.427 e. The maximum absolute atomic E-state index is 11.9. The molecule has 0 radical (unpaired) electrons. The van der Waals surface area contributed by atoms with Gasteiger partial charge < -0.3 is 4.74 Å². The molecule has 2 aromatic rings. The number of cyclic esters (lactones) is 1. The average molecular weight is 276 g/mol. The summed E-state index contributed by atoms with van der Waals surface area (Å²) in [4.78, 5) is 11.9. The minimum atomic E-state index is -0.276. The number of carbonyl (C=O) groups is 1. The molecule has 2 heteroatoms. The van der Waals surface area contributed by atoms with E-state index in [2.05, 4.69) is 19.1 Å². The fourth-order valence-electron chi connectivity index (χ4n) is 2.38. The summed E-state index contributed by atoms with van der Waals surface area (Å²) in [5.74, 6) is 0.425. The molecule has 0 fully saturated rings. The second kappa shape index (κ2) is 5.80. The van der Waals surface area contributed by atoms with Gasteiger partial charge >= 0.3 is 5.97 Å². The zero-order valence-corrected chi connectivity index (χ0v) is 11.9. The van der Waals surface area contributed by atoms with Crippen molar-refractivity contribution in [3.05, 3.63) is 88.7 Å². The van der Waals surface area contributed by atoms with Gasteiger partial charge in [-0.15, -0.1) is 0 Å². The highest BCUT2D eigenvalue weighted by molar-refractivity contribution is 5.99. The monoisotopic (exact) mass is 276 g/mol. The van der Waals surface area contributed by atoms with Crippen molar-refractivity contribution in [2.24, 2.45) is 0 Å². The highest BCUT2D eigenvalue weighted by atomic mass is 16.5. The summed E-state index contributed by atoms with van der Waals surface area (Å²) < 4.78 is 5.34. The van der Waals surface area contributed by atoms with Crippen molar-refractivity contribution in [2.75, 3.05) is 0 Å². The first-order valence-corrected chi connectivity index (χ1v) is 6.96. The van der Waals surface area contributed by atoms with Gasteiger partial charge in [0.2, 0.25) is 0 Å². The molecular weight excluding hydrogens is 260 g/mol. The van der Waals surface area contributed by atoms with Crippen LogP contribution < -0.4 is 0 Å². The SMILES string of the molecule is Cc1cccc(CC2=C/C(=C/c3ccccc3)C(=O)O2)c1. The lowest BCUT2D eigenvalue weighted by atomic mass is 10.1. The third-order valence-corrected chi connectivity index (χ3v) is 3.36. The van der Waals surface area contributed by atoms with Gasteiger partial charge in [-0.3, -0.25) is 0 Å². The summed E-state index contributed by atoms with van der Waals surface area (Å²) in [6.45, 7) is 2.05. The van der Waals surface area contributed by atoms with Crippen LogP contribution in [0.1, 0.15) is 16.7 Å². The first kappa shape index (κ1) is 13.4. The van der Waals surface area contributed by atoms with Crippen molar-refractivity contribution in [3.63, 3.8) is 0 Å². The Hall–Kier alpha value is -2.61. The van der Waals surface area contributed by atoms with Gasteiger partial charge in [0.1, 0.15) is 5.76 Å². The predicted octanol–water partition coefficient (Wildman–Crippen LogP) is 4.06. The van der Waals surface area contributed by atoms with Gasteiger partial charge in [-0.25, -0.2) is 4.79 Å². The summed E-state index contributed by atoms with van der Waals surface area (Å²) in [6, 6.07) is 18.0. The quantitative estimate of drug-likeness (QED) is 0.624. The molecule has 0 atom stereocenters.